The average Bonchev–Trinajstić information content (AvgIpc) is 2.78. The van der Waals surface area contributed by atoms with Gasteiger partial charge in [-0.15, -0.1) is 0 Å². The maximum atomic E-state index is 4.49. The Kier molecular flexibility index (Phi) is 4.53. The Morgan fingerprint density at radius 2 is 2.06 bits per heavy atom. The van der Waals surface area contributed by atoms with Crippen molar-refractivity contribution < 1.29 is 0 Å². The standard InChI is InChI=1S/C14H24N4/c1-4-5-12-8-15-14(16-9-12)18-7-6-13(11-18)10-17(2)3/h8-9,13H,4-7,10-11H2,1-3H3/t13-/m1/s1. The predicted octanol–water partition coefficient (Wildman–Crippen LogP) is 1.82. The first-order chi connectivity index (χ1) is 8.69. The Labute approximate surface area is 110 Å². The molecule has 1 aliphatic rings. The minimum absolute atomic E-state index is 0.749. The monoisotopic (exact) mass is 248 g/mol. The molecule has 1 aromatic heterocycles. The number of nitrogens with zero attached hydrogens (tertiary/aromatic N) is 4. The molecule has 4 nitrogen and oxygen atoms in total. The van der Waals surface area contributed by atoms with Crippen molar-refractivity contribution in [2.75, 3.05) is 38.6 Å². The third-order valence-electron chi connectivity index (χ3n) is 3.42. The highest BCUT2D eigenvalue weighted by Gasteiger charge is 2.24. The minimum atomic E-state index is 0.749. The second-order valence-corrected chi connectivity index (χ2v) is 5.50. The lowest BCUT2D eigenvalue weighted by Crippen LogP contribution is -2.26. The molecule has 0 bridgehead atoms. The van der Waals surface area contributed by atoms with Crippen LogP contribution in [0.5, 0.6) is 0 Å². The van der Waals surface area contributed by atoms with E-state index in [2.05, 4.69) is 40.8 Å². The summed E-state index contributed by atoms with van der Waals surface area (Å²) in [6, 6.07) is 0. The van der Waals surface area contributed by atoms with Crippen molar-refractivity contribution >= 4 is 5.95 Å². The van der Waals surface area contributed by atoms with Gasteiger partial charge in [0.2, 0.25) is 5.95 Å². The molecule has 0 amide bonds. The van der Waals surface area contributed by atoms with E-state index in [0.29, 0.717) is 0 Å². The quantitative estimate of drug-likeness (QED) is 0.795. The van der Waals surface area contributed by atoms with Gasteiger partial charge in [0.1, 0.15) is 0 Å². The Balaban J connectivity index is 1.92. The van der Waals surface area contributed by atoms with Crippen molar-refractivity contribution in [1.82, 2.24) is 14.9 Å². The molecule has 1 aliphatic heterocycles. The molecule has 1 saturated heterocycles. The van der Waals surface area contributed by atoms with Gasteiger partial charge in [0.15, 0.2) is 0 Å². The van der Waals surface area contributed by atoms with Gasteiger partial charge in [-0.05, 0) is 38.4 Å². The molecule has 1 aromatic rings. The predicted molar refractivity (Wildman–Crippen MR) is 74.9 cm³/mol. The fraction of sp³-hybridized carbons (Fsp3) is 0.714. The summed E-state index contributed by atoms with van der Waals surface area (Å²) < 4.78 is 0. The summed E-state index contributed by atoms with van der Waals surface area (Å²) in [6.45, 7) is 5.52. The number of hydrogen-bond donors (Lipinski definition) is 0. The third kappa shape index (κ3) is 3.42. The number of aromatic nitrogens is 2. The largest absolute Gasteiger partial charge is 0.340 e. The summed E-state index contributed by atoms with van der Waals surface area (Å²) in [5.74, 6) is 1.65. The fourth-order valence-electron chi connectivity index (χ4n) is 2.61. The van der Waals surface area contributed by atoms with E-state index in [-0.39, 0.29) is 0 Å². The molecule has 4 heteroatoms. The third-order valence-corrected chi connectivity index (χ3v) is 3.42. The summed E-state index contributed by atoms with van der Waals surface area (Å²) >= 11 is 0. The van der Waals surface area contributed by atoms with Gasteiger partial charge >= 0.3 is 0 Å². The maximum Gasteiger partial charge on any atom is 0.225 e. The molecule has 0 spiro atoms. The maximum absolute atomic E-state index is 4.49. The first-order valence-electron chi connectivity index (χ1n) is 6.89. The van der Waals surface area contributed by atoms with Gasteiger partial charge in [0, 0.05) is 32.0 Å². The zero-order valence-electron chi connectivity index (χ0n) is 11.8. The van der Waals surface area contributed by atoms with Crippen LogP contribution in [0.4, 0.5) is 5.95 Å². The molecule has 100 valence electrons. The molecular weight excluding hydrogens is 224 g/mol. The molecule has 1 atom stereocenters. The van der Waals surface area contributed by atoms with E-state index >= 15 is 0 Å². The molecule has 18 heavy (non-hydrogen) atoms. The fourth-order valence-corrected chi connectivity index (χ4v) is 2.61. The summed E-state index contributed by atoms with van der Waals surface area (Å²) in [7, 11) is 4.28. The highest BCUT2D eigenvalue weighted by Crippen LogP contribution is 2.20. The van der Waals surface area contributed by atoms with Gasteiger partial charge in [-0.3, -0.25) is 0 Å². The van der Waals surface area contributed by atoms with Crippen molar-refractivity contribution in [1.29, 1.82) is 0 Å². The molecule has 2 heterocycles. The molecule has 0 aliphatic carbocycles. The van der Waals surface area contributed by atoms with Gasteiger partial charge in [0.25, 0.3) is 0 Å². The second kappa shape index (κ2) is 6.14. The average molecular weight is 248 g/mol. The van der Waals surface area contributed by atoms with Crippen molar-refractivity contribution in [3.05, 3.63) is 18.0 Å². The number of rotatable bonds is 5. The van der Waals surface area contributed by atoms with E-state index in [4.69, 9.17) is 0 Å². The zero-order valence-corrected chi connectivity index (χ0v) is 11.8. The van der Waals surface area contributed by atoms with Crippen molar-refractivity contribution in [3.63, 3.8) is 0 Å². The molecule has 0 radical (unpaired) electrons. The van der Waals surface area contributed by atoms with Gasteiger partial charge in [-0.25, -0.2) is 9.97 Å². The van der Waals surface area contributed by atoms with Crippen LogP contribution in [0.15, 0.2) is 12.4 Å². The second-order valence-electron chi connectivity index (χ2n) is 5.50. The molecule has 2 rings (SSSR count). The Morgan fingerprint density at radius 3 is 2.67 bits per heavy atom. The van der Waals surface area contributed by atoms with Crippen LogP contribution in [-0.2, 0) is 6.42 Å². The van der Waals surface area contributed by atoms with Gasteiger partial charge < -0.3 is 9.80 Å². The van der Waals surface area contributed by atoms with Crippen molar-refractivity contribution in [3.8, 4) is 0 Å². The van der Waals surface area contributed by atoms with Crippen LogP contribution in [0.25, 0.3) is 0 Å². The molecule has 0 aromatic carbocycles. The van der Waals surface area contributed by atoms with Crippen LogP contribution in [-0.4, -0.2) is 48.6 Å². The van der Waals surface area contributed by atoms with Crippen molar-refractivity contribution in [2.45, 2.75) is 26.2 Å². The van der Waals surface area contributed by atoms with Gasteiger partial charge in [-0.2, -0.15) is 0 Å². The number of anilines is 1. The highest BCUT2D eigenvalue weighted by molar-refractivity contribution is 5.31. The molecule has 0 saturated carbocycles. The Hall–Kier alpha value is -1.16. The summed E-state index contributed by atoms with van der Waals surface area (Å²) in [5, 5.41) is 0. The van der Waals surface area contributed by atoms with E-state index in [0.717, 1.165) is 44.3 Å². The van der Waals surface area contributed by atoms with Crippen LogP contribution >= 0.6 is 0 Å². The van der Waals surface area contributed by atoms with E-state index in [9.17, 15) is 0 Å². The van der Waals surface area contributed by atoms with Crippen LogP contribution in [0, 0.1) is 5.92 Å². The Bertz CT molecular complexity index is 361. The normalized spacial score (nSPS) is 19.8. The number of hydrogen-bond acceptors (Lipinski definition) is 4. The lowest BCUT2D eigenvalue weighted by atomic mass is 10.1. The van der Waals surface area contributed by atoms with Crippen LogP contribution < -0.4 is 4.90 Å². The topological polar surface area (TPSA) is 32.3 Å². The molecule has 0 N–H and O–H groups in total. The van der Waals surface area contributed by atoms with Crippen LogP contribution in [0.2, 0.25) is 0 Å². The van der Waals surface area contributed by atoms with Crippen molar-refractivity contribution in [2.24, 2.45) is 5.92 Å². The summed E-state index contributed by atoms with van der Waals surface area (Å²) in [4.78, 5) is 13.6. The van der Waals surface area contributed by atoms with E-state index in [1.54, 1.807) is 0 Å². The van der Waals surface area contributed by atoms with E-state index < -0.39 is 0 Å². The Morgan fingerprint density at radius 1 is 1.33 bits per heavy atom. The van der Waals surface area contributed by atoms with Gasteiger partial charge in [-0.1, -0.05) is 13.3 Å². The lowest BCUT2D eigenvalue weighted by molar-refractivity contribution is 0.340. The van der Waals surface area contributed by atoms with Crippen LogP contribution in [0.1, 0.15) is 25.3 Å². The minimum Gasteiger partial charge on any atom is -0.340 e. The SMILES string of the molecule is CCCc1cnc(N2CC[C@H](CN(C)C)C2)nc1. The van der Waals surface area contributed by atoms with Crippen LogP contribution in [0.3, 0.4) is 0 Å². The molecular formula is C14H24N4. The zero-order chi connectivity index (χ0) is 13.0. The summed E-state index contributed by atoms with van der Waals surface area (Å²) in [5.41, 5.74) is 1.24. The number of aryl methyl sites for hydroxylation is 1. The smallest absolute Gasteiger partial charge is 0.225 e. The molecule has 0 unspecified atom stereocenters. The van der Waals surface area contributed by atoms with E-state index in [1.165, 1.54) is 12.0 Å². The first-order valence-corrected chi connectivity index (χ1v) is 6.89. The highest BCUT2D eigenvalue weighted by atomic mass is 15.3. The lowest BCUT2D eigenvalue weighted by Gasteiger charge is -2.18. The summed E-state index contributed by atoms with van der Waals surface area (Å²) in [6.07, 6.45) is 7.43. The van der Waals surface area contributed by atoms with E-state index in [1.807, 2.05) is 12.4 Å². The first kappa shape index (κ1) is 13.3. The molecule has 1 fully saturated rings. The van der Waals surface area contributed by atoms with Gasteiger partial charge in [0.05, 0.1) is 0 Å².